The van der Waals surface area contributed by atoms with Gasteiger partial charge < -0.3 is 5.32 Å². The number of carbonyl (C=O) groups excluding carboxylic acids is 1. The predicted octanol–water partition coefficient (Wildman–Crippen LogP) is 4.68. The summed E-state index contributed by atoms with van der Waals surface area (Å²) >= 11 is 3.57. The van der Waals surface area contributed by atoms with Gasteiger partial charge in [-0.15, -0.1) is 5.10 Å². The first kappa shape index (κ1) is 19.3. The SMILES string of the molecule is CC(C)(C)Cn1nnc2c(Br)c(NC(=O)c3ccc(-n4cccn4)cc3)ccc21. The minimum atomic E-state index is -0.195. The van der Waals surface area contributed by atoms with Crippen molar-refractivity contribution in [1.29, 1.82) is 0 Å². The summed E-state index contributed by atoms with van der Waals surface area (Å²) < 4.78 is 4.35. The number of rotatable bonds is 4. The Morgan fingerprint density at radius 3 is 2.55 bits per heavy atom. The van der Waals surface area contributed by atoms with E-state index in [9.17, 15) is 4.79 Å². The third-order valence-corrected chi connectivity index (χ3v) is 5.20. The number of aromatic nitrogens is 5. The van der Waals surface area contributed by atoms with Crippen molar-refractivity contribution in [3.05, 3.63) is 64.9 Å². The van der Waals surface area contributed by atoms with Crippen LogP contribution in [-0.2, 0) is 6.54 Å². The average Bonchev–Trinajstić information content (AvgIpc) is 3.34. The van der Waals surface area contributed by atoms with E-state index in [2.05, 4.69) is 57.4 Å². The molecule has 1 amide bonds. The van der Waals surface area contributed by atoms with Crippen LogP contribution in [0.2, 0.25) is 0 Å². The zero-order valence-corrected chi connectivity index (χ0v) is 18.0. The first-order valence-electron chi connectivity index (χ1n) is 9.25. The van der Waals surface area contributed by atoms with Gasteiger partial charge in [-0.25, -0.2) is 9.36 Å². The highest BCUT2D eigenvalue weighted by Crippen LogP contribution is 2.31. The maximum absolute atomic E-state index is 12.7. The topological polar surface area (TPSA) is 77.6 Å². The van der Waals surface area contributed by atoms with Gasteiger partial charge in [-0.3, -0.25) is 4.79 Å². The zero-order valence-electron chi connectivity index (χ0n) is 16.4. The van der Waals surface area contributed by atoms with Crippen LogP contribution in [0.15, 0.2) is 59.3 Å². The maximum atomic E-state index is 12.7. The lowest BCUT2D eigenvalue weighted by Crippen LogP contribution is -2.16. The molecule has 1 N–H and O–H groups in total. The van der Waals surface area contributed by atoms with Crippen LogP contribution in [0.5, 0.6) is 0 Å². The molecule has 0 radical (unpaired) electrons. The molecule has 8 heteroatoms. The Labute approximate surface area is 176 Å². The first-order valence-corrected chi connectivity index (χ1v) is 10.0. The van der Waals surface area contributed by atoms with E-state index in [-0.39, 0.29) is 11.3 Å². The Morgan fingerprint density at radius 1 is 1.14 bits per heavy atom. The second-order valence-electron chi connectivity index (χ2n) is 8.05. The Hall–Kier alpha value is -3.00. The van der Waals surface area contributed by atoms with Gasteiger partial charge in [-0.1, -0.05) is 26.0 Å². The highest BCUT2D eigenvalue weighted by atomic mass is 79.9. The van der Waals surface area contributed by atoms with E-state index in [1.165, 1.54) is 0 Å². The fraction of sp³-hybridized carbons (Fsp3) is 0.238. The van der Waals surface area contributed by atoms with E-state index in [4.69, 9.17) is 0 Å². The molecule has 7 nitrogen and oxygen atoms in total. The summed E-state index contributed by atoms with van der Waals surface area (Å²) in [4.78, 5) is 12.7. The van der Waals surface area contributed by atoms with Crippen LogP contribution in [0, 0.1) is 5.41 Å². The fourth-order valence-corrected chi connectivity index (χ4v) is 3.56. The smallest absolute Gasteiger partial charge is 0.255 e. The highest BCUT2D eigenvalue weighted by molar-refractivity contribution is 9.10. The fourth-order valence-electron chi connectivity index (χ4n) is 3.05. The molecule has 0 aliphatic rings. The van der Waals surface area contributed by atoms with Crippen LogP contribution < -0.4 is 5.32 Å². The number of fused-ring (bicyclic) bond motifs is 1. The highest BCUT2D eigenvalue weighted by Gasteiger charge is 2.18. The molecule has 29 heavy (non-hydrogen) atoms. The van der Waals surface area contributed by atoms with E-state index in [0.717, 1.165) is 27.7 Å². The largest absolute Gasteiger partial charge is 0.321 e. The number of anilines is 1. The number of carbonyl (C=O) groups is 1. The van der Waals surface area contributed by atoms with Crippen LogP contribution in [0.4, 0.5) is 5.69 Å². The van der Waals surface area contributed by atoms with E-state index in [0.29, 0.717) is 11.3 Å². The van der Waals surface area contributed by atoms with Gasteiger partial charge in [0.2, 0.25) is 0 Å². The van der Waals surface area contributed by atoms with Crippen LogP contribution >= 0.6 is 15.9 Å². The lowest BCUT2D eigenvalue weighted by molar-refractivity contribution is 0.102. The van der Waals surface area contributed by atoms with Gasteiger partial charge in [0.15, 0.2) is 0 Å². The summed E-state index contributed by atoms with van der Waals surface area (Å²) in [6, 6.07) is 12.9. The third kappa shape index (κ3) is 4.07. The molecular weight excluding hydrogens is 432 g/mol. The molecule has 148 valence electrons. The molecular formula is C21H21BrN6O. The monoisotopic (exact) mass is 452 g/mol. The van der Waals surface area contributed by atoms with E-state index in [1.54, 1.807) is 23.0 Å². The van der Waals surface area contributed by atoms with Crippen LogP contribution in [0.25, 0.3) is 16.7 Å². The second kappa shape index (κ2) is 7.44. The lowest BCUT2D eigenvalue weighted by Gasteiger charge is -2.18. The molecule has 2 aromatic heterocycles. The van der Waals surface area contributed by atoms with E-state index >= 15 is 0 Å². The number of halogens is 1. The first-order chi connectivity index (χ1) is 13.8. The molecule has 0 fully saturated rings. The number of hydrogen-bond acceptors (Lipinski definition) is 4. The van der Waals surface area contributed by atoms with Crippen LogP contribution in [-0.4, -0.2) is 30.7 Å². The molecule has 0 bridgehead atoms. The molecule has 2 aromatic carbocycles. The summed E-state index contributed by atoms with van der Waals surface area (Å²) in [5.41, 5.74) is 3.84. The Morgan fingerprint density at radius 2 is 1.90 bits per heavy atom. The minimum absolute atomic E-state index is 0.0856. The quantitative estimate of drug-likeness (QED) is 0.487. The number of hydrogen-bond donors (Lipinski definition) is 1. The van der Waals surface area contributed by atoms with Gasteiger partial charge in [-0.05, 0) is 63.8 Å². The Kier molecular flexibility index (Phi) is 4.96. The van der Waals surface area contributed by atoms with Gasteiger partial charge in [0.1, 0.15) is 5.52 Å². The molecule has 2 heterocycles. The number of nitrogens with zero attached hydrogens (tertiary/aromatic N) is 5. The normalized spacial score (nSPS) is 11.7. The van der Waals surface area contributed by atoms with Crippen molar-refractivity contribution in [2.24, 2.45) is 5.41 Å². The molecule has 0 aliphatic heterocycles. The Balaban J connectivity index is 1.56. The molecule has 0 saturated carbocycles. The number of benzene rings is 2. The average molecular weight is 453 g/mol. The van der Waals surface area contributed by atoms with Gasteiger partial charge >= 0.3 is 0 Å². The van der Waals surface area contributed by atoms with E-state index in [1.807, 2.05) is 41.2 Å². The van der Waals surface area contributed by atoms with Gasteiger partial charge in [0.25, 0.3) is 5.91 Å². The van der Waals surface area contributed by atoms with Crippen molar-refractivity contribution in [1.82, 2.24) is 24.8 Å². The van der Waals surface area contributed by atoms with Gasteiger partial charge in [0, 0.05) is 24.5 Å². The molecule has 0 atom stereocenters. The summed E-state index contributed by atoms with van der Waals surface area (Å²) in [5.74, 6) is -0.195. The van der Waals surface area contributed by atoms with Crippen molar-refractivity contribution < 1.29 is 4.79 Å². The molecule has 0 saturated heterocycles. The zero-order chi connectivity index (χ0) is 20.6. The lowest BCUT2D eigenvalue weighted by atomic mass is 9.97. The summed E-state index contributed by atoms with van der Waals surface area (Å²) in [6.45, 7) is 7.22. The molecule has 0 aliphatic carbocycles. The van der Waals surface area contributed by atoms with Crippen LogP contribution in [0.1, 0.15) is 31.1 Å². The summed E-state index contributed by atoms with van der Waals surface area (Å²) in [6.07, 6.45) is 3.57. The predicted molar refractivity (Wildman–Crippen MR) is 116 cm³/mol. The molecule has 0 unspecified atom stereocenters. The van der Waals surface area contributed by atoms with Crippen molar-refractivity contribution in [3.8, 4) is 5.69 Å². The van der Waals surface area contributed by atoms with Crippen molar-refractivity contribution in [2.75, 3.05) is 5.32 Å². The van der Waals surface area contributed by atoms with Crippen molar-refractivity contribution in [2.45, 2.75) is 27.3 Å². The van der Waals surface area contributed by atoms with E-state index < -0.39 is 0 Å². The third-order valence-electron chi connectivity index (χ3n) is 4.40. The minimum Gasteiger partial charge on any atom is -0.321 e. The Bertz CT molecular complexity index is 1160. The molecule has 0 spiro atoms. The second-order valence-corrected chi connectivity index (χ2v) is 8.85. The maximum Gasteiger partial charge on any atom is 0.255 e. The van der Waals surface area contributed by atoms with Crippen molar-refractivity contribution in [3.63, 3.8) is 0 Å². The number of amides is 1. The molecule has 4 rings (SSSR count). The van der Waals surface area contributed by atoms with Crippen molar-refractivity contribution >= 4 is 38.6 Å². The summed E-state index contributed by atoms with van der Waals surface area (Å²) in [7, 11) is 0. The van der Waals surface area contributed by atoms with Gasteiger partial charge in [-0.2, -0.15) is 5.10 Å². The van der Waals surface area contributed by atoms with Crippen LogP contribution in [0.3, 0.4) is 0 Å². The number of nitrogens with one attached hydrogen (secondary N) is 1. The van der Waals surface area contributed by atoms with Gasteiger partial charge in [0.05, 0.1) is 21.4 Å². The molecule has 4 aromatic rings. The standard InChI is InChI=1S/C21H21BrN6O/c1-21(2,3)13-28-17-10-9-16(18(22)19(17)25-26-28)24-20(29)14-5-7-15(8-6-14)27-12-4-11-23-27/h4-12H,13H2,1-3H3,(H,24,29). The summed E-state index contributed by atoms with van der Waals surface area (Å²) in [5, 5.41) is 15.7.